The summed E-state index contributed by atoms with van der Waals surface area (Å²) in [5, 5.41) is 5.78. The molecule has 164 valence electrons. The first kappa shape index (κ1) is 21.9. The van der Waals surface area contributed by atoms with Crippen LogP contribution in [0.4, 0.5) is 4.79 Å². The van der Waals surface area contributed by atoms with Crippen LogP contribution in [0.15, 0.2) is 18.2 Å². The third-order valence-corrected chi connectivity index (χ3v) is 5.78. The molecule has 1 heterocycles. The van der Waals surface area contributed by atoms with Crippen LogP contribution in [0.2, 0.25) is 0 Å². The van der Waals surface area contributed by atoms with Crippen molar-refractivity contribution in [2.24, 2.45) is 0 Å². The van der Waals surface area contributed by atoms with Gasteiger partial charge in [0.25, 0.3) is 5.91 Å². The lowest BCUT2D eigenvalue weighted by atomic mass is 10.1. The molecule has 1 aromatic rings. The predicted octanol–water partition coefficient (Wildman–Crippen LogP) is 2.74. The van der Waals surface area contributed by atoms with E-state index in [1.807, 2.05) is 0 Å². The van der Waals surface area contributed by atoms with Gasteiger partial charge in [-0.3, -0.25) is 14.5 Å². The quantitative estimate of drug-likeness (QED) is 0.501. The zero-order valence-corrected chi connectivity index (χ0v) is 17.7. The van der Waals surface area contributed by atoms with Gasteiger partial charge in [0.1, 0.15) is 6.04 Å². The molecular formula is C22H31N3O5. The van der Waals surface area contributed by atoms with Crippen molar-refractivity contribution in [2.75, 3.05) is 14.2 Å². The summed E-state index contributed by atoms with van der Waals surface area (Å²) < 4.78 is 10.5. The molecule has 0 aromatic heterocycles. The van der Waals surface area contributed by atoms with Crippen LogP contribution in [0, 0.1) is 0 Å². The van der Waals surface area contributed by atoms with Gasteiger partial charge in [0.2, 0.25) is 5.91 Å². The van der Waals surface area contributed by atoms with E-state index in [9.17, 15) is 14.4 Å². The van der Waals surface area contributed by atoms with Gasteiger partial charge in [-0.2, -0.15) is 0 Å². The molecule has 8 nitrogen and oxygen atoms in total. The summed E-state index contributed by atoms with van der Waals surface area (Å²) in [6, 6.07) is 4.39. The normalized spacial score (nSPS) is 19.9. The Bertz CT molecular complexity index is 774. The molecule has 1 aliphatic heterocycles. The Morgan fingerprint density at radius 2 is 1.80 bits per heavy atom. The fourth-order valence-corrected chi connectivity index (χ4v) is 4.08. The first-order valence-electron chi connectivity index (χ1n) is 10.6. The number of carbonyl (C=O) groups excluding carboxylic acids is 3. The second-order valence-corrected chi connectivity index (χ2v) is 7.91. The first-order valence-corrected chi connectivity index (χ1v) is 10.6. The monoisotopic (exact) mass is 417 g/mol. The van der Waals surface area contributed by atoms with Crippen molar-refractivity contribution in [2.45, 2.75) is 70.0 Å². The molecule has 4 amide bonds. The lowest BCUT2D eigenvalue weighted by Crippen LogP contribution is -2.36. The molecule has 1 unspecified atom stereocenters. The average Bonchev–Trinajstić information content (AvgIpc) is 2.92. The van der Waals surface area contributed by atoms with E-state index in [1.54, 1.807) is 25.3 Å². The molecule has 0 spiro atoms. The van der Waals surface area contributed by atoms with Gasteiger partial charge in [0.15, 0.2) is 11.5 Å². The van der Waals surface area contributed by atoms with Gasteiger partial charge in [-0.1, -0.05) is 31.7 Å². The molecule has 1 aromatic carbocycles. The predicted molar refractivity (Wildman–Crippen MR) is 111 cm³/mol. The highest BCUT2D eigenvalue weighted by Crippen LogP contribution is 2.28. The van der Waals surface area contributed by atoms with Crippen LogP contribution in [0.25, 0.3) is 0 Å². The molecule has 2 N–H and O–H groups in total. The Hall–Kier alpha value is -2.77. The highest BCUT2D eigenvalue weighted by atomic mass is 16.5. The summed E-state index contributed by atoms with van der Waals surface area (Å²) in [6.07, 6.45) is 7.30. The van der Waals surface area contributed by atoms with Crippen molar-refractivity contribution in [1.29, 1.82) is 0 Å². The molecule has 1 aliphatic carbocycles. The molecule has 0 bridgehead atoms. The van der Waals surface area contributed by atoms with E-state index in [1.165, 1.54) is 24.9 Å². The van der Waals surface area contributed by atoms with Gasteiger partial charge in [-0.15, -0.1) is 0 Å². The standard InChI is InChI=1S/C22H31N3O5/c1-29-18-11-9-15(13-19(18)30-2)14-25-21(27)17(24-22(25)28)10-12-20(26)23-16-7-5-3-4-6-8-16/h9,11,13,16-17H,3-8,10,12,14H2,1-2H3,(H,23,26)(H,24,28). The molecule has 30 heavy (non-hydrogen) atoms. The Balaban J connectivity index is 1.52. The molecule has 1 saturated heterocycles. The number of amides is 4. The molecule has 2 aliphatic rings. The number of urea groups is 1. The van der Waals surface area contributed by atoms with Gasteiger partial charge in [-0.25, -0.2) is 4.79 Å². The van der Waals surface area contributed by atoms with Crippen molar-refractivity contribution in [1.82, 2.24) is 15.5 Å². The van der Waals surface area contributed by atoms with Crippen molar-refractivity contribution in [3.63, 3.8) is 0 Å². The minimum absolute atomic E-state index is 0.0534. The number of imide groups is 1. The summed E-state index contributed by atoms with van der Waals surface area (Å²) in [7, 11) is 3.08. The Morgan fingerprint density at radius 1 is 1.10 bits per heavy atom. The van der Waals surface area contributed by atoms with Crippen LogP contribution in [-0.2, 0) is 16.1 Å². The van der Waals surface area contributed by atoms with Gasteiger partial charge < -0.3 is 20.1 Å². The van der Waals surface area contributed by atoms with Crippen LogP contribution in [0.1, 0.15) is 56.9 Å². The lowest BCUT2D eigenvalue weighted by molar-refractivity contribution is -0.128. The molecule has 1 atom stereocenters. The number of carbonyl (C=O) groups is 3. The highest BCUT2D eigenvalue weighted by molar-refractivity contribution is 6.04. The van der Waals surface area contributed by atoms with Crippen molar-refractivity contribution in [3.8, 4) is 11.5 Å². The third kappa shape index (κ3) is 5.43. The number of benzene rings is 1. The highest BCUT2D eigenvalue weighted by Gasteiger charge is 2.38. The van der Waals surface area contributed by atoms with E-state index in [0.717, 1.165) is 31.2 Å². The minimum Gasteiger partial charge on any atom is -0.493 e. The summed E-state index contributed by atoms with van der Waals surface area (Å²) in [5.41, 5.74) is 0.753. The average molecular weight is 418 g/mol. The van der Waals surface area contributed by atoms with E-state index < -0.39 is 12.1 Å². The van der Waals surface area contributed by atoms with Crippen LogP contribution in [0.3, 0.4) is 0 Å². The summed E-state index contributed by atoms with van der Waals surface area (Å²) in [4.78, 5) is 38.5. The second kappa shape index (κ2) is 10.3. The Morgan fingerprint density at radius 3 is 2.47 bits per heavy atom. The topological polar surface area (TPSA) is 97.0 Å². The largest absolute Gasteiger partial charge is 0.493 e. The van der Waals surface area contributed by atoms with Gasteiger partial charge in [0, 0.05) is 12.5 Å². The maximum Gasteiger partial charge on any atom is 0.325 e. The van der Waals surface area contributed by atoms with Gasteiger partial charge >= 0.3 is 6.03 Å². The van der Waals surface area contributed by atoms with Gasteiger partial charge in [-0.05, 0) is 37.0 Å². The SMILES string of the molecule is COc1ccc(CN2C(=O)NC(CCC(=O)NC3CCCCCC3)C2=O)cc1OC. The molecule has 8 heteroatoms. The first-order chi connectivity index (χ1) is 14.5. The van der Waals surface area contributed by atoms with Crippen LogP contribution >= 0.6 is 0 Å². The number of hydrogen-bond acceptors (Lipinski definition) is 5. The number of rotatable bonds is 8. The maximum absolute atomic E-state index is 12.7. The van der Waals surface area contributed by atoms with E-state index in [0.29, 0.717) is 17.9 Å². The number of nitrogens with one attached hydrogen (secondary N) is 2. The number of methoxy groups -OCH3 is 2. The minimum atomic E-state index is -0.669. The van der Waals surface area contributed by atoms with E-state index in [2.05, 4.69) is 10.6 Å². The molecule has 3 rings (SSSR count). The van der Waals surface area contributed by atoms with E-state index in [-0.39, 0.29) is 30.8 Å². The van der Waals surface area contributed by atoms with E-state index in [4.69, 9.17) is 9.47 Å². The number of hydrogen-bond donors (Lipinski definition) is 2. The van der Waals surface area contributed by atoms with Gasteiger partial charge in [0.05, 0.1) is 20.8 Å². The Kier molecular flexibility index (Phi) is 7.54. The van der Waals surface area contributed by atoms with Crippen LogP contribution in [-0.4, -0.2) is 49.0 Å². The lowest BCUT2D eigenvalue weighted by Gasteiger charge is -2.17. The van der Waals surface area contributed by atoms with Crippen LogP contribution in [0.5, 0.6) is 11.5 Å². The van der Waals surface area contributed by atoms with E-state index >= 15 is 0 Å². The molecule has 1 saturated carbocycles. The summed E-state index contributed by atoms with van der Waals surface area (Å²) in [5.74, 6) is 0.754. The zero-order valence-electron chi connectivity index (χ0n) is 17.7. The molecular weight excluding hydrogens is 386 g/mol. The smallest absolute Gasteiger partial charge is 0.325 e. The zero-order chi connectivity index (χ0) is 21.5. The molecule has 2 fully saturated rings. The second-order valence-electron chi connectivity index (χ2n) is 7.91. The van der Waals surface area contributed by atoms with Crippen molar-refractivity contribution < 1.29 is 23.9 Å². The fourth-order valence-electron chi connectivity index (χ4n) is 4.08. The molecule has 0 radical (unpaired) electrons. The number of ether oxygens (including phenoxy) is 2. The third-order valence-electron chi connectivity index (χ3n) is 5.78. The van der Waals surface area contributed by atoms with Crippen LogP contribution < -0.4 is 20.1 Å². The van der Waals surface area contributed by atoms with Crippen molar-refractivity contribution in [3.05, 3.63) is 23.8 Å². The maximum atomic E-state index is 12.7. The Labute approximate surface area is 177 Å². The van der Waals surface area contributed by atoms with Crippen molar-refractivity contribution >= 4 is 17.8 Å². The fraction of sp³-hybridized carbons (Fsp3) is 0.591. The summed E-state index contributed by atoms with van der Waals surface area (Å²) in [6.45, 7) is 0.135. The summed E-state index contributed by atoms with van der Waals surface area (Å²) >= 11 is 0. The number of nitrogens with zero attached hydrogens (tertiary/aromatic N) is 1.